The van der Waals surface area contributed by atoms with Gasteiger partial charge in [0.25, 0.3) is 0 Å². The van der Waals surface area contributed by atoms with Gasteiger partial charge in [-0.25, -0.2) is 0 Å². The van der Waals surface area contributed by atoms with Crippen molar-refractivity contribution in [1.82, 2.24) is 15.5 Å². The van der Waals surface area contributed by atoms with Crippen LogP contribution in [0.1, 0.15) is 62.6 Å². The van der Waals surface area contributed by atoms with Gasteiger partial charge >= 0.3 is 0 Å². The van der Waals surface area contributed by atoms with Gasteiger partial charge in [0.1, 0.15) is 0 Å². The average Bonchev–Trinajstić information content (AvgIpc) is 2.84. The molecule has 2 fully saturated rings. The average molecular weight is 235 g/mol. The van der Waals surface area contributed by atoms with Crippen LogP contribution in [0.4, 0.5) is 0 Å². The van der Waals surface area contributed by atoms with Crippen molar-refractivity contribution in [3.63, 3.8) is 0 Å². The van der Waals surface area contributed by atoms with E-state index >= 15 is 0 Å². The highest BCUT2D eigenvalue weighted by Gasteiger charge is 2.23. The smallest absolute Gasteiger partial charge is 0.219 e. The number of aromatic nitrogens is 2. The number of hydrogen-bond acceptors (Lipinski definition) is 4. The number of nitrogens with one attached hydrogen (secondary N) is 1. The first-order valence-electron chi connectivity index (χ1n) is 6.97. The van der Waals surface area contributed by atoms with Crippen LogP contribution in [-0.4, -0.2) is 22.8 Å². The maximum absolute atomic E-state index is 5.74. The third-order valence-electron chi connectivity index (χ3n) is 3.76. The molecule has 0 radical (unpaired) electrons. The summed E-state index contributed by atoms with van der Waals surface area (Å²) in [4.78, 5) is 0. The molecule has 4 nitrogen and oxygen atoms in total. The summed E-state index contributed by atoms with van der Waals surface area (Å²) in [5.41, 5.74) is 0. The van der Waals surface area contributed by atoms with E-state index in [4.69, 9.17) is 4.42 Å². The molecule has 94 valence electrons. The molecular formula is C13H21N3O. The summed E-state index contributed by atoms with van der Waals surface area (Å²) in [6.07, 6.45) is 9.80. The Labute approximate surface area is 102 Å². The Bertz CT molecular complexity index is 353. The highest BCUT2D eigenvalue weighted by molar-refractivity contribution is 4.94. The number of nitrogens with zero attached hydrogens (tertiary/aromatic N) is 2. The zero-order valence-electron chi connectivity index (χ0n) is 10.3. The van der Waals surface area contributed by atoms with Gasteiger partial charge in [-0.3, -0.25) is 0 Å². The van der Waals surface area contributed by atoms with Gasteiger partial charge in [0.05, 0.1) is 0 Å². The van der Waals surface area contributed by atoms with Crippen molar-refractivity contribution in [2.45, 2.75) is 63.3 Å². The molecule has 1 aromatic heterocycles. The van der Waals surface area contributed by atoms with E-state index < -0.39 is 0 Å². The summed E-state index contributed by atoms with van der Waals surface area (Å²) in [7, 11) is 0. The number of aryl methyl sites for hydroxylation is 1. The van der Waals surface area contributed by atoms with Gasteiger partial charge in [0, 0.05) is 18.4 Å². The minimum atomic E-state index is 0.542. The first-order valence-corrected chi connectivity index (χ1v) is 6.97. The molecule has 3 rings (SSSR count). The Morgan fingerprint density at radius 1 is 1.12 bits per heavy atom. The van der Waals surface area contributed by atoms with Crippen LogP contribution in [0.25, 0.3) is 0 Å². The molecular weight excluding hydrogens is 214 g/mol. The van der Waals surface area contributed by atoms with Gasteiger partial charge in [-0.1, -0.05) is 12.8 Å². The number of rotatable bonds is 6. The molecule has 0 spiro atoms. The van der Waals surface area contributed by atoms with Gasteiger partial charge in [-0.2, -0.15) is 0 Å². The molecule has 4 heteroatoms. The van der Waals surface area contributed by atoms with Crippen molar-refractivity contribution in [2.24, 2.45) is 0 Å². The predicted molar refractivity (Wildman–Crippen MR) is 64.9 cm³/mol. The monoisotopic (exact) mass is 235 g/mol. The van der Waals surface area contributed by atoms with E-state index in [1.165, 1.54) is 38.5 Å². The van der Waals surface area contributed by atoms with Crippen molar-refractivity contribution in [3.8, 4) is 0 Å². The van der Waals surface area contributed by atoms with Crippen LogP contribution < -0.4 is 5.32 Å². The van der Waals surface area contributed by atoms with Crippen LogP contribution in [0.2, 0.25) is 0 Å². The van der Waals surface area contributed by atoms with Crippen LogP contribution in [-0.2, 0) is 6.42 Å². The van der Waals surface area contributed by atoms with E-state index in [1.54, 1.807) is 0 Å². The fourth-order valence-electron chi connectivity index (χ4n) is 2.54. The lowest BCUT2D eigenvalue weighted by Crippen LogP contribution is -2.17. The zero-order chi connectivity index (χ0) is 11.5. The van der Waals surface area contributed by atoms with Gasteiger partial charge in [-0.05, 0) is 38.6 Å². The molecule has 0 amide bonds. The van der Waals surface area contributed by atoms with Crippen molar-refractivity contribution in [1.29, 1.82) is 0 Å². The molecule has 2 aliphatic carbocycles. The molecule has 0 bridgehead atoms. The third-order valence-corrected chi connectivity index (χ3v) is 3.76. The summed E-state index contributed by atoms with van der Waals surface area (Å²) in [5.74, 6) is 2.25. The second kappa shape index (κ2) is 5.17. The van der Waals surface area contributed by atoms with Gasteiger partial charge in [-0.15, -0.1) is 10.2 Å². The molecule has 2 saturated carbocycles. The molecule has 0 saturated heterocycles. The second-order valence-electron chi connectivity index (χ2n) is 5.35. The highest BCUT2D eigenvalue weighted by Crippen LogP contribution is 2.33. The Hall–Kier alpha value is -0.900. The van der Waals surface area contributed by atoms with Crippen molar-refractivity contribution < 1.29 is 4.42 Å². The largest absolute Gasteiger partial charge is 0.425 e. The van der Waals surface area contributed by atoms with Gasteiger partial charge in [0.2, 0.25) is 11.8 Å². The number of hydrogen-bond donors (Lipinski definition) is 1. The van der Waals surface area contributed by atoms with E-state index in [1.807, 2.05) is 0 Å². The third kappa shape index (κ3) is 3.06. The van der Waals surface area contributed by atoms with Gasteiger partial charge in [0.15, 0.2) is 0 Å². The fraction of sp³-hybridized carbons (Fsp3) is 0.846. The summed E-state index contributed by atoms with van der Waals surface area (Å²) in [6, 6.07) is 0.798. The van der Waals surface area contributed by atoms with E-state index in [-0.39, 0.29) is 0 Å². The van der Waals surface area contributed by atoms with Crippen LogP contribution in [0.3, 0.4) is 0 Å². The van der Waals surface area contributed by atoms with Crippen LogP contribution in [0.15, 0.2) is 4.42 Å². The van der Waals surface area contributed by atoms with E-state index in [0.29, 0.717) is 5.92 Å². The topological polar surface area (TPSA) is 51.0 Å². The molecule has 1 aromatic rings. The Kier molecular flexibility index (Phi) is 3.41. The summed E-state index contributed by atoms with van der Waals surface area (Å²) >= 11 is 0. The minimum absolute atomic E-state index is 0.542. The van der Waals surface area contributed by atoms with Crippen LogP contribution in [0, 0.1) is 0 Å². The second-order valence-corrected chi connectivity index (χ2v) is 5.35. The quantitative estimate of drug-likeness (QED) is 0.769. The Balaban J connectivity index is 1.42. The maximum atomic E-state index is 5.74. The minimum Gasteiger partial charge on any atom is -0.425 e. The lowest BCUT2D eigenvalue weighted by molar-refractivity contribution is 0.411. The maximum Gasteiger partial charge on any atom is 0.219 e. The van der Waals surface area contributed by atoms with E-state index in [2.05, 4.69) is 15.5 Å². The van der Waals surface area contributed by atoms with Crippen LogP contribution in [0.5, 0.6) is 0 Å². The van der Waals surface area contributed by atoms with Crippen molar-refractivity contribution in [3.05, 3.63) is 11.8 Å². The highest BCUT2D eigenvalue weighted by atomic mass is 16.4. The molecule has 2 aliphatic rings. The molecule has 0 unspecified atom stereocenters. The SMILES string of the molecule is C(CNC1CC1)Cc1nnc(C2CCCC2)o1. The Morgan fingerprint density at radius 2 is 1.94 bits per heavy atom. The molecule has 1 heterocycles. The molecule has 0 aliphatic heterocycles. The van der Waals surface area contributed by atoms with Crippen molar-refractivity contribution in [2.75, 3.05) is 6.54 Å². The van der Waals surface area contributed by atoms with Gasteiger partial charge < -0.3 is 9.73 Å². The summed E-state index contributed by atoms with van der Waals surface area (Å²) < 4.78 is 5.74. The normalized spacial score (nSPS) is 21.2. The first-order chi connectivity index (χ1) is 8.42. The lowest BCUT2D eigenvalue weighted by Gasteiger charge is -2.01. The van der Waals surface area contributed by atoms with Crippen molar-refractivity contribution >= 4 is 0 Å². The lowest BCUT2D eigenvalue weighted by atomic mass is 10.1. The fourth-order valence-corrected chi connectivity index (χ4v) is 2.54. The predicted octanol–water partition coefficient (Wildman–Crippen LogP) is 2.41. The standard InChI is InChI=1S/C13H21N3O/c1-2-5-10(4-1)13-16-15-12(17-13)6-3-9-14-11-7-8-11/h10-11,14H,1-9H2. The molecule has 0 aromatic carbocycles. The first kappa shape index (κ1) is 11.2. The molecule has 1 N–H and O–H groups in total. The molecule has 17 heavy (non-hydrogen) atoms. The van der Waals surface area contributed by atoms with E-state index in [9.17, 15) is 0 Å². The summed E-state index contributed by atoms with van der Waals surface area (Å²) in [6.45, 7) is 1.08. The van der Waals surface area contributed by atoms with E-state index in [0.717, 1.165) is 37.2 Å². The molecule has 0 atom stereocenters. The zero-order valence-corrected chi connectivity index (χ0v) is 10.3. The Morgan fingerprint density at radius 3 is 2.71 bits per heavy atom. The van der Waals surface area contributed by atoms with Crippen LogP contribution >= 0.6 is 0 Å². The summed E-state index contributed by atoms with van der Waals surface area (Å²) in [5, 5.41) is 11.8.